The molecule has 2 aromatic rings. The third-order valence-electron chi connectivity index (χ3n) is 2.64. The molecule has 0 atom stereocenters. The van der Waals surface area contributed by atoms with Crippen LogP contribution in [-0.2, 0) is 13.2 Å². The molecule has 0 spiro atoms. The summed E-state index contributed by atoms with van der Waals surface area (Å²) in [6, 6.07) is 10.5. The first-order valence-electron chi connectivity index (χ1n) is 5.65. The predicted octanol–water partition coefficient (Wildman–Crippen LogP) is 4.39. The second kappa shape index (κ2) is 6.50. The number of hydrogen-bond donors (Lipinski definition) is 1. The monoisotopic (exact) mass is 387 g/mol. The van der Waals surface area contributed by atoms with Gasteiger partial charge in [0.25, 0.3) is 0 Å². The molecule has 0 saturated heterocycles. The zero-order chi connectivity index (χ0) is 13.8. The standard InChI is InChI=1S/C14H12Br2FNO/c15-12-4-3-11(6-14(12)17)19-8-10-2-1-9(7-18)5-13(10)16/h1-6H,7-8,18H2. The lowest BCUT2D eigenvalue weighted by molar-refractivity contribution is 0.303. The van der Waals surface area contributed by atoms with E-state index < -0.39 is 0 Å². The minimum Gasteiger partial charge on any atom is -0.489 e. The second-order valence-electron chi connectivity index (χ2n) is 3.99. The van der Waals surface area contributed by atoms with Crippen LogP contribution in [0.15, 0.2) is 45.3 Å². The van der Waals surface area contributed by atoms with Crippen molar-refractivity contribution in [2.75, 3.05) is 0 Å². The number of rotatable bonds is 4. The van der Waals surface area contributed by atoms with E-state index in [1.54, 1.807) is 12.1 Å². The van der Waals surface area contributed by atoms with E-state index in [1.807, 2.05) is 18.2 Å². The van der Waals surface area contributed by atoms with E-state index in [-0.39, 0.29) is 5.82 Å². The van der Waals surface area contributed by atoms with Crippen LogP contribution in [0.3, 0.4) is 0 Å². The molecule has 0 aliphatic rings. The first-order valence-corrected chi connectivity index (χ1v) is 7.24. The lowest BCUT2D eigenvalue weighted by atomic mass is 10.1. The molecule has 0 fully saturated rings. The van der Waals surface area contributed by atoms with Gasteiger partial charge in [-0.25, -0.2) is 4.39 Å². The fraction of sp³-hybridized carbons (Fsp3) is 0.143. The van der Waals surface area contributed by atoms with Gasteiger partial charge in [-0.1, -0.05) is 28.1 Å². The van der Waals surface area contributed by atoms with Crippen LogP contribution in [0, 0.1) is 5.82 Å². The van der Waals surface area contributed by atoms with Gasteiger partial charge in [-0.05, 0) is 39.7 Å². The molecule has 0 unspecified atom stereocenters. The van der Waals surface area contributed by atoms with Gasteiger partial charge in [0.05, 0.1) is 4.47 Å². The van der Waals surface area contributed by atoms with Gasteiger partial charge >= 0.3 is 0 Å². The van der Waals surface area contributed by atoms with E-state index in [0.717, 1.165) is 15.6 Å². The largest absolute Gasteiger partial charge is 0.489 e. The zero-order valence-electron chi connectivity index (χ0n) is 10.00. The molecule has 0 amide bonds. The molecule has 0 saturated carbocycles. The van der Waals surface area contributed by atoms with Gasteiger partial charge in [-0.3, -0.25) is 0 Å². The van der Waals surface area contributed by atoms with E-state index in [2.05, 4.69) is 31.9 Å². The van der Waals surface area contributed by atoms with Gasteiger partial charge in [0.1, 0.15) is 18.2 Å². The van der Waals surface area contributed by atoms with Crippen molar-refractivity contribution in [2.45, 2.75) is 13.2 Å². The Hall–Kier alpha value is -0.910. The summed E-state index contributed by atoms with van der Waals surface area (Å²) in [7, 11) is 0. The van der Waals surface area contributed by atoms with Crippen LogP contribution >= 0.6 is 31.9 Å². The molecule has 0 aliphatic heterocycles. The molecule has 19 heavy (non-hydrogen) atoms. The summed E-state index contributed by atoms with van der Waals surface area (Å²) in [6.45, 7) is 0.865. The quantitative estimate of drug-likeness (QED) is 0.842. The highest BCUT2D eigenvalue weighted by atomic mass is 79.9. The van der Waals surface area contributed by atoms with Gasteiger partial charge in [0.2, 0.25) is 0 Å². The van der Waals surface area contributed by atoms with Crippen LogP contribution in [0.25, 0.3) is 0 Å². The van der Waals surface area contributed by atoms with Crippen molar-refractivity contribution >= 4 is 31.9 Å². The molecule has 0 aliphatic carbocycles. The maximum absolute atomic E-state index is 13.3. The average Bonchev–Trinajstić information content (AvgIpc) is 2.41. The topological polar surface area (TPSA) is 35.2 Å². The summed E-state index contributed by atoms with van der Waals surface area (Å²) in [5.41, 5.74) is 7.60. The van der Waals surface area contributed by atoms with Crippen LogP contribution in [0.2, 0.25) is 0 Å². The van der Waals surface area contributed by atoms with E-state index in [0.29, 0.717) is 23.4 Å². The summed E-state index contributed by atoms with van der Waals surface area (Å²) in [5, 5.41) is 0. The van der Waals surface area contributed by atoms with Crippen LogP contribution < -0.4 is 10.5 Å². The Balaban J connectivity index is 2.07. The summed E-state index contributed by atoms with van der Waals surface area (Å²) in [4.78, 5) is 0. The smallest absolute Gasteiger partial charge is 0.141 e. The van der Waals surface area contributed by atoms with Gasteiger partial charge in [-0.2, -0.15) is 0 Å². The van der Waals surface area contributed by atoms with Crippen LogP contribution in [0.1, 0.15) is 11.1 Å². The molecule has 2 rings (SSSR count). The Labute approximate surface area is 128 Å². The van der Waals surface area contributed by atoms with E-state index in [9.17, 15) is 4.39 Å². The van der Waals surface area contributed by atoms with Crippen molar-refractivity contribution in [3.63, 3.8) is 0 Å². The number of ether oxygens (including phenoxy) is 1. The summed E-state index contributed by atoms with van der Waals surface area (Å²) in [5.74, 6) is 0.158. The normalized spacial score (nSPS) is 10.5. The molecule has 2 aromatic carbocycles. The molecule has 5 heteroatoms. The van der Waals surface area contributed by atoms with E-state index in [1.165, 1.54) is 6.07 Å². The Morgan fingerprint density at radius 1 is 1.05 bits per heavy atom. The fourth-order valence-corrected chi connectivity index (χ4v) is 2.35. The fourth-order valence-electron chi connectivity index (χ4n) is 1.56. The molecule has 100 valence electrons. The van der Waals surface area contributed by atoms with Crippen molar-refractivity contribution in [1.29, 1.82) is 0 Å². The first-order chi connectivity index (χ1) is 9.10. The minimum absolute atomic E-state index is 0.338. The van der Waals surface area contributed by atoms with Crippen molar-refractivity contribution in [3.8, 4) is 5.75 Å². The van der Waals surface area contributed by atoms with Crippen molar-refractivity contribution < 1.29 is 9.13 Å². The number of halogens is 3. The van der Waals surface area contributed by atoms with E-state index >= 15 is 0 Å². The Bertz CT molecular complexity index is 590. The average molecular weight is 389 g/mol. The van der Waals surface area contributed by atoms with Gasteiger partial charge in [-0.15, -0.1) is 0 Å². The Morgan fingerprint density at radius 3 is 2.47 bits per heavy atom. The van der Waals surface area contributed by atoms with Crippen molar-refractivity contribution in [2.24, 2.45) is 5.73 Å². The van der Waals surface area contributed by atoms with Crippen molar-refractivity contribution in [1.82, 2.24) is 0 Å². The third kappa shape index (κ3) is 3.78. The molecule has 2 N–H and O–H groups in total. The highest BCUT2D eigenvalue weighted by Crippen LogP contribution is 2.24. The Kier molecular flexibility index (Phi) is 4.96. The molecule has 0 radical (unpaired) electrons. The summed E-state index contributed by atoms with van der Waals surface area (Å²) in [6.07, 6.45) is 0. The van der Waals surface area contributed by atoms with Gasteiger partial charge < -0.3 is 10.5 Å². The molecule has 0 heterocycles. The molecule has 0 aromatic heterocycles. The van der Waals surface area contributed by atoms with Gasteiger partial charge in [0.15, 0.2) is 0 Å². The van der Waals surface area contributed by atoms with Crippen LogP contribution in [0.4, 0.5) is 4.39 Å². The lowest BCUT2D eigenvalue weighted by Crippen LogP contribution is -2.00. The highest BCUT2D eigenvalue weighted by molar-refractivity contribution is 9.10. The second-order valence-corrected chi connectivity index (χ2v) is 5.70. The molecular weight excluding hydrogens is 377 g/mol. The SMILES string of the molecule is NCc1ccc(COc2ccc(Br)c(F)c2)c(Br)c1. The van der Waals surface area contributed by atoms with Crippen LogP contribution in [-0.4, -0.2) is 0 Å². The minimum atomic E-state index is -0.338. The maximum atomic E-state index is 13.3. The summed E-state index contributed by atoms with van der Waals surface area (Å²) < 4.78 is 20.3. The van der Waals surface area contributed by atoms with Crippen molar-refractivity contribution in [3.05, 3.63) is 62.3 Å². The number of hydrogen-bond acceptors (Lipinski definition) is 2. The maximum Gasteiger partial charge on any atom is 0.141 e. The number of nitrogens with two attached hydrogens (primary N) is 1. The zero-order valence-corrected chi connectivity index (χ0v) is 13.2. The van der Waals surface area contributed by atoms with Gasteiger partial charge in [0, 0.05) is 22.6 Å². The first kappa shape index (κ1) is 14.5. The molecular formula is C14H12Br2FNO. The summed E-state index contributed by atoms with van der Waals surface area (Å²) >= 11 is 6.57. The highest BCUT2D eigenvalue weighted by Gasteiger charge is 2.04. The van der Waals surface area contributed by atoms with Crippen LogP contribution in [0.5, 0.6) is 5.75 Å². The predicted molar refractivity (Wildman–Crippen MR) is 80.5 cm³/mol. The third-order valence-corrected chi connectivity index (χ3v) is 4.02. The number of benzene rings is 2. The molecule has 2 nitrogen and oxygen atoms in total. The lowest BCUT2D eigenvalue weighted by Gasteiger charge is -2.09. The Morgan fingerprint density at radius 2 is 1.84 bits per heavy atom. The van der Waals surface area contributed by atoms with E-state index in [4.69, 9.17) is 10.5 Å². The molecule has 0 bridgehead atoms.